The number of hydrogen-bond donors (Lipinski definition) is 0. The minimum atomic E-state index is -0.199. The van der Waals surface area contributed by atoms with Gasteiger partial charge in [0.2, 0.25) is 0 Å². The second-order valence-electron chi connectivity index (χ2n) is 5.06. The molecule has 0 spiro atoms. The van der Waals surface area contributed by atoms with Gasteiger partial charge in [0.1, 0.15) is 0 Å². The predicted octanol–water partition coefficient (Wildman–Crippen LogP) is 4.69. The van der Waals surface area contributed by atoms with Crippen LogP contribution in [0.25, 0.3) is 0 Å². The van der Waals surface area contributed by atoms with E-state index >= 15 is 0 Å². The quantitative estimate of drug-likeness (QED) is 0.486. The van der Waals surface area contributed by atoms with Crippen LogP contribution >= 0.6 is 34.8 Å². The molecule has 4 heteroatoms. The normalized spacial score (nSPS) is 13.7. The Kier molecular flexibility index (Phi) is 6.44. The summed E-state index contributed by atoms with van der Waals surface area (Å²) < 4.78 is -0.199. The van der Waals surface area contributed by atoms with Crippen LogP contribution in [0.4, 0.5) is 0 Å². The molecule has 0 aromatic heterocycles. The molecular weight excluding hydrogens is 255 g/mol. The lowest BCUT2D eigenvalue weighted by molar-refractivity contribution is 0.289. The summed E-state index contributed by atoms with van der Waals surface area (Å²) in [6.45, 7) is 8.62. The van der Waals surface area contributed by atoms with Crippen molar-refractivity contribution < 1.29 is 0 Å². The Balaban J connectivity index is 3.84. The van der Waals surface area contributed by atoms with E-state index in [1.165, 1.54) is 0 Å². The minimum Gasteiger partial charge on any atom is -0.120 e. The Bertz CT molecular complexity index is 161. The fourth-order valence-corrected chi connectivity index (χ4v) is 3.80. The summed E-state index contributed by atoms with van der Waals surface area (Å²) >= 11 is 17.6. The van der Waals surface area contributed by atoms with Crippen LogP contribution in [0.15, 0.2) is 0 Å². The second-order valence-corrected chi connectivity index (χ2v) is 9.40. The van der Waals surface area contributed by atoms with Crippen LogP contribution in [0.2, 0.25) is 6.04 Å². The predicted molar refractivity (Wildman–Crippen MR) is 69.0 cm³/mol. The van der Waals surface area contributed by atoms with Crippen molar-refractivity contribution >= 4 is 44.3 Å². The molecule has 0 bridgehead atoms. The average molecular weight is 274 g/mol. The molecular formula is C10H19Cl3Si. The van der Waals surface area contributed by atoms with Crippen molar-refractivity contribution in [2.24, 2.45) is 5.41 Å². The Hall–Kier alpha value is 1.09. The first-order chi connectivity index (χ1) is 6.12. The Morgan fingerprint density at radius 2 is 1.64 bits per heavy atom. The van der Waals surface area contributed by atoms with Crippen molar-refractivity contribution in [2.75, 3.05) is 0 Å². The molecule has 0 amide bonds. The summed E-state index contributed by atoms with van der Waals surface area (Å²) in [5.74, 6) is 0. The number of hydrogen-bond acceptors (Lipinski definition) is 0. The van der Waals surface area contributed by atoms with Gasteiger partial charge in [-0.2, -0.15) is 0 Å². The lowest BCUT2D eigenvalue weighted by atomic mass is 9.81. The molecule has 84 valence electrons. The SMILES string of the molecule is CC(C)(Cl)CC(C)(C)CC[Si]C(Cl)Cl. The summed E-state index contributed by atoms with van der Waals surface area (Å²) in [5, 5.41) is 0. The van der Waals surface area contributed by atoms with Crippen molar-refractivity contribution in [3.05, 3.63) is 0 Å². The van der Waals surface area contributed by atoms with Gasteiger partial charge in [0.15, 0.2) is 0 Å². The zero-order valence-corrected chi connectivity index (χ0v) is 12.6. The molecule has 0 fully saturated rings. The number of halogens is 3. The van der Waals surface area contributed by atoms with E-state index in [-0.39, 0.29) is 14.7 Å². The van der Waals surface area contributed by atoms with Crippen LogP contribution in [0.5, 0.6) is 0 Å². The molecule has 0 aliphatic rings. The maximum absolute atomic E-state index is 6.21. The van der Waals surface area contributed by atoms with Crippen LogP contribution < -0.4 is 0 Å². The van der Waals surface area contributed by atoms with Gasteiger partial charge in [-0.15, -0.1) is 34.8 Å². The van der Waals surface area contributed by atoms with Gasteiger partial charge in [0, 0.05) is 4.87 Å². The summed E-state index contributed by atoms with van der Waals surface area (Å²) in [7, 11) is 0.636. The Morgan fingerprint density at radius 1 is 1.14 bits per heavy atom. The third kappa shape index (κ3) is 9.63. The first-order valence-corrected chi connectivity index (χ1v) is 7.36. The van der Waals surface area contributed by atoms with Gasteiger partial charge in [0.05, 0.1) is 14.0 Å². The molecule has 0 heterocycles. The molecule has 0 aromatic carbocycles. The van der Waals surface area contributed by atoms with E-state index in [1.54, 1.807) is 0 Å². The van der Waals surface area contributed by atoms with Crippen LogP contribution in [-0.4, -0.2) is 18.9 Å². The molecule has 14 heavy (non-hydrogen) atoms. The molecule has 0 atom stereocenters. The highest BCUT2D eigenvalue weighted by Gasteiger charge is 2.26. The molecule has 0 aliphatic carbocycles. The summed E-state index contributed by atoms with van der Waals surface area (Å²) in [4.78, 5) is -0.117. The van der Waals surface area contributed by atoms with Gasteiger partial charge < -0.3 is 0 Å². The van der Waals surface area contributed by atoms with Crippen LogP contribution in [0.3, 0.4) is 0 Å². The molecule has 0 aliphatic heterocycles. The maximum Gasteiger partial charge on any atom is 0.0929 e. The topological polar surface area (TPSA) is 0 Å². The van der Waals surface area contributed by atoms with Gasteiger partial charge >= 0.3 is 0 Å². The Morgan fingerprint density at radius 3 is 2.00 bits per heavy atom. The minimum absolute atomic E-state index is 0.117. The van der Waals surface area contributed by atoms with E-state index in [1.807, 2.05) is 0 Å². The van der Waals surface area contributed by atoms with Gasteiger partial charge in [-0.05, 0) is 25.7 Å². The molecule has 0 saturated heterocycles. The van der Waals surface area contributed by atoms with Gasteiger partial charge in [-0.1, -0.05) is 26.3 Å². The maximum atomic E-state index is 6.21. The van der Waals surface area contributed by atoms with Crippen molar-refractivity contribution in [1.29, 1.82) is 0 Å². The standard InChI is InChI=1S/C10H19Cl3Si/c1-9(2,7-10(3,4)13)5-6-14-8(11)12/h8H,5-7H2,1-4H3. The molecule has 0 rings (SSSR count). The van der Waals surface area contributed by atoms with E-state index in [0.717, 1.165) is 18.9 Å². The molecule has 0 unspecified atom stereocenters. The number of rotatable bonds is 6. The van der Waals surface area contributed by atoms with Gasteiger partial charge in [0.25, 0.3) is 0 Å². The molecule has 0 saturated carbocycles. The smallest absolute Gasteiger partial charge is 0.0929 e. The van der Waals surface area contributed by atoms with E-state index in [9.17, 15) is 0 Å². The highest BCUT2D eigenvalue weighted by Crippen LogP contribution is 2.35. The van der Waals surface area contributed by atoms with Crippen molar-refractivity contribution in [1.82, 2.24) is 0 Å². The van der Waals surface area contributed by atoms with E-state index in [0.29, 0.717) is 9.52 Å². The van der Waals surface area contributed by atoms with Crippen LogP contribution in [0.1, 0.15) is 40.5 Å². The third-order valence-corrected chi connectivity index (χ3v) is 3.91. The lowest BCUT2D eigenvalue weighted by Gasteiger charge is -2.31. The number of alkyl halides is 3. The summed E-state index contributed by atoms with van der Waals surface area (Å²) in [6.07, 6.45) is 2.15. The van der Waals surface area contributed by atoms with Crippen LogP contribution in [0, 0.1) is 5.41 Å². The molecule has 0 aromatic rings. The first-order valence-electron chi connectivity index (χ1n) is 4.83. The highest BCUT2D eigenvalue weighted by molar-refractivity contribution is 6.68. The second kappa shape index (κ2) is 5.98. The molecule has 0 N–H and O–H groups in total. The fourth-order valence-electron chi connectivity index (χ4n) is 1.75. The van der Waals surface area contributed by atoms with E-state index in [2.05, 4.69) is 27.7 Å². The molecule has 2 radical (unpaired) electrons. The molecule has 0 nitrogen and oxygen atoms in total. The monoisotopic (exact) mass is 272 g/mol. The average Bonchev–Trinajstić information content (AvgIpc) is 1.78. The largest absolute Gasteiger partial charge is 0.120 e. The van der Waals surface area contributed by atoms with E-state index in [4.69, 9.17) is 34.8 Å². The van der Waals surface area contributed by atoms with Gasteiger partial charge in [-0.3, -0.25) is 0 Å². The Labute approximate surface area is 106 Å². The summed E-state index contributed by atoms with van der Waals surface area (Å²) in [5.41, 5.74) is 0.279. The van der Waals surface area contributed by atoms with Crippen molar-refractivity contribution in [3.8, 4) is 0 Å². The van der Waals surface area contributed by atoms with Crippen molar-refractivity contribution in [3.63, 3.8) is 0 Å². The summed E-state index contributed by atoms with van der Waals surface area (Å²) in [6, 6.07) is 1.09. The highest BCUT2D eigenvalue weighted by atomic mass is 35.5. The van der Waals surface area contributed by atoms with E-state index < -0.39 is 0 Å². The lowest BCUT2D eigenvalue weighted by Crippen LogP contribution is -2.24. The third-order valence-electron chi connectivity index (χ3n) is 2.00. The van der Waals surface area contributed by atoms with Gasteiger partial charge in [-0.25, -0.2) is 0 Å². The zero-order chi connectivity index (χ0) is 11.4. The zero-order valence-electron chi connectivity index (χ0n) is 9.33. The van der Waals surface area contributed by atoms with Crippen LogP contribution in [-0.2, 0) is 0 Å². The van der Waals surface area contributed by atoms with Crippen molar-refractivity contribution in [2.45, 2.75) is 55.9 Å². The first kappa shape index (κ1) is 15.1. The fraction of sp³-hybridized carbons (Fsp3) is 1.00.